The second-order valence-corrected chi connectivity index (χ2v) is 12.5. The van der Waals surface area contributed by atoms with E-state index in [2.05, 4.69) is 84.3 Å². The molecule has 0 unspecified atom stereocenters. The molecule has 0 aromatic heterocycles. The standard InChI is InChI=1S/C30H38BrN/c1-28(2,3)21-14-15-23(25(17-21)30(7,8)9)19-10-12-20(13-11-19)24-16-22(29(4,5)6)18-26(31)27(24)32/h10-18H,32H2,1-9H3/i10D,11D,12D,13D. The molecule has 0 saturated heterocycles. The summed E-state index contributed by atoms with van der Waals surface area (Å²) in [5.74, 6) is 0. The summed E-state index contributed by atoms with van der Waals surface area (Å²) in [7, 11) is 0. The number of halogens is 1. The molecule has 0 bridgehead atoms. The van der Waals surface area contributed by atoms with Crippen molar-refractivity contribution in [2.75, 3.05) is 5.73 Å². The van der Waals surface area contributed by atoms with Gasteiger partial charge in [0.05, 0.1) is 11.2 Å². The average Bonchev–Trinajstić information content (AvgIpc) is 2.73. The summed E-state index contributed by atoms with van der Waals surface area (Å²) in [6, 6.07) is 9.69. The summed E-state index contributed by atoms with van der Waals surface area (Å²) in [4.78, 5) is 0. The molecule has 3 aromatic carbocycles. The third kappa shape index (κ3) is 5.12. The zero-order chi connectivity index (χ0) is 27.5. The van der Waals surface area contributed by atoms with Gasteiger partial charge in [-0.15, -0.1) is 0 Å². The predicted octanol–water partition coefficient (Wildman–Crippen LogP) is 9.26. The largest absolute Gasteiger partial charge is 0.397 e. The Hall–Kier alpha value is -2.06. The molecule has 0 heterocycles. The van der Waals surface area contributed by atoms with Crippen LogP contribution in [0.4, 0.5) is 5.69 Å². The quantitative estimate of drug-likeness (QED) is 0.352. The van der Waals surface area contributed by atoms with Crippen LogP contribution in [0.15, 0.2) is 59.0 Å². The lowest BCUT2D eigenvalue weighted by molar-refractivity contribution is 0.570. The van der Waals surface area contributed by atoms with Gasteiger partial charge in [-0.25, -0.2) is 0 Å². The molecule has 0 aliphatic carbocycles. The number of anilines is 1. The van der Waals surface area contributed by atoms with Crippen molar-refractivity contribution in [3.8, 4) is 22.3 Å². The van der Waals surface area contributed by atoms with Crippen molar-refractivity contribution >= 4 is 21.6 Å². The van der Waals surface area contributed by atoms with Crippen LogP contribution < -0.4 is 5.73 Å². The molecule has 1 nitrogen and oxygen atoms in total. The molecular formula is C30H38BrN. The van der Waals surface area contributed by atoms with Crippen molar-refractivity contribution in [1.29, 1.82) is 0 Å². The van der Waals surface area contributed by atoms with E-state index in [9.17, 15) is 0 Å². The lowest BCUT2D eigenvalue weighted by atomic mass is 9.77. The molecule has 0 radical (unpaired) electrons. The monoisotopic (exact) mass is 495 g/mol. The molecule has 2 N–H and O–H groups in total. The molecule has 170 valence electrons. The normalized spacial score (nSPS) is 14.6. The van der Waals surface area contributed by atoms with Gasteiger partial charge in [-0.05, 0) is 77.7 Å². The molecule has 32 heavy (non-hydrogen) atoms. The minimum absolute atomic E-state index is 0.0554. The maximum atomic E-state index is 9.00. The number of nitrogens with two attached hydrogens (primary N) is 1. The first kappa shape index (κ1) is 19.4. The topological polar surface area (TPSA) is 26.0 Å². The maximum Gasteiger partial charge on any atom is 0.0629 e. The van der Waals surface area contributed by atoms with Crippen LogP contribution in [-0.4, -0.2) is 0 Å². The highest BCUT2D eigenvalue weighted by Gasteiger charge is 2.23. The van der Waals surface area contributed by atoms with Crippen molar-refractivity contribution in [2.24, 2.45) is 0 Å². The van der Waals surface area contributed by atoms with E-state index in [0.29, 0.717) is 21.3 Å². The Morgan fingerprint density at radius 3 is 1.62 bits per heavy atom. The van der Waals surface area contributed by atoms with Crippen LogP contribution in [0.5, 0.6) is 0 Å². The zero-order valence-corrected chi connectivity index (χ0v) is 22.4. The van der Waals surface area contributed by atoms with Gasteiger partial charge in [-0.1, -0.05) is 105 Å². The molecule has 0 aliphatic rings. The van der Waals surface area contributed by atoms with Crippen LogP contribution in [0.3, 0.4) is 0 Å². The summed E-state index contributed by atoms with van der Waals surface area (Å²) in [6.07, 6.45) is 0. The summed E-state index contributed by atoms with van der Waals surface area (Å²) < 4.78 is 36.6. The second-order valence-electron chi connectivity index (χ2n) is 11.7. The zero-order valence-electron chi connectivity index (χ0n) is 24.8. The summed E-state index contributed by atoms with van der Waals surface area (Å²) in [5, 5.41) is 0. The first-order valence-electron chi connectivity index (χ1n) is 13.1. The van der Waals surface area contributed by atoms with E-state index >= 15 is 0 Å². The number of rotatable bonds is 2. The van der Waals surface area contributed by atoms with Crippen molar-refractivity contribution < 1.29 is 5.48 Å². The number of nitrogen functional groups attached to an aromatic ring is 1. The lowest BCUT2D eigenvalue weighted by Crippen LogP contribution is -2.17. The van der Waals surface area contributed by atoms with Gasteiger partial charge in [0, 0.05) is 10.0 Å². The SMILES string of the molecule is [2H]c1c([2H])c(-c2cc(C(C)(C)C)cc(Br)c2N)c([2H])c([2H])c1-c1ccc(C(C)(C)C)cc1C(C)(C)C. The maximum absolute atomic E-state index is 9.00. The van der Waals surface area contributed by atoms with Gasteiger partial charge < -0.3 is 5.73 Å². The van der Waals surface area contributed by atoms with E-state index < -0.39 is 0 Å². The Morgan fingerprint density at radius 1 is 0.656 bits per heavy atom. The summed E-state index contributed by atoms with van der Waals surface area (Å²) >= 11 is 3.54. The van der Waals surface area contributed by atoms with Gasteiger partial charge in [-0.3, -0.25) is 0 Å². The van der Waals surface area contributed by atoms with Crippen LogP contribution in [-0.2, 0) is 16.2 Å². The molecular weight excluding hydrogens is 454 g/mol. The Balaban J connectivity index is 2.40. The second kappa shape index (κ2) is 8.37. The van der Waals surface area contributed by atoms with Gasteiger partial charge in [0.15, 0.2) is 0 Å². The highest BCUT2D eigenvalue weighted by Crippen LogP contribution is 2.40. The van der Waals surface area contributed by atoms with E-state index in [1.165, 1.54) is 5.56 Å². The lowest BCUT2D eigenvalue weighted by Gasteiger charge is -2.28. The molecule has 0 saturated carbocycles. The molecule has 3 rings (SSSR count). The van der Waals surface area contributed by atoms with Gasteiger partial charge >= 0.3 is 0 Å². The third-order valence-electron chi connectivity index (χ3n) is 5.85. The Bertz CT molecular complexity index is 1310. The number of hydrogen-bond donors (Lipinski definition) is 1. The molecule has 0 fully saturated rings. The van der Waals surface area contributed by atoms with Crippen molar-refractivity contribution in [3.63, 3.8) is 0 Å². The van der Waals surface area contributed by atoms with E-state index in [1.54, 1.807) is 0 Å². The molecule has 0 aliphatic heterocycles. The molecule has 3 aromatic rings. The van der Waals surface area contributed by atoms with E-state index in [0.717, 1.165) is 16.7 Å². The average molecular weight is 497 g/mol. The van der Waals surface area contributed by atoms with Crippen LogP contribution >= 0.6 is 15.9 Å². The number of hydrogen-bond acceptors (Lipinski definition) is 1. The van der Waals surface area contributed by atoms with Gasteiger partial charge in [-0.2, -0.15) is 0 Å². The molecule has 0 amide bonds. The fourth-order valence-corrected chi connectivity index (χ4v) is 4.15. The minimum Gasteiger partial charge on any atom is -0.397 e. The molecule has 0 spiro atoms. The predicted molar refractivity (Wildman–Crippen MR) is 146 cm³/mol. The smallest absolute Gasteiger partial charge is 0.0629 e. The van der Waals surface area contributed by atoms with Crippen molar-refractivity contribution in [3.05, 3.63) is 75.7 Å². The van der Waals surface area contributed by atoms with Crippen LogP contribution in [0.2, 0.25) is 0 Å². The van der Waals surface area contributed by atoms with E-state index in [4.69, 9.17) is 11.2 Å². The Labute approximate surface area is 209 Å². The molecule has 2 heteroatoms. The Kier molecular flexibility index (Phi) is 5.08. The summed E-state index contributed by atoms with van der Waals surface area (Å²) in [6.45, 7) is 19.1. The van der Waals surface area contributed by atoms with Crippen LogP contribution in [0.25, 0.3) is 22.3 Å². The fraction of sp³-hybridized carbons (Fsp3) is 0.400. The van der Waals surface area contributed by atoms with E-state index in [1.807, 2.05) is 24.3 Å². The van der Waals surface area contributed by atoms with Gasteiger partial charge in [0.25, 0.3) is 0 Å². The van der Waals surface area contributed by atoms with Gasteiger partial charge in [0.1, 0.15) is 0 Å². The Morgan fingerprint density at radius 2 is 1.16 bits per heavy atom. The van der Waals surface area contributed by atoms with E-state index in [-0.39, 0.29) is 46.0 Å². The van der Waals surface area contributed by atoms with Crippen LogP contribution in [0.1, 0.15) is 84.5 Å². The highest BCUT2D eigenvalue weighted by molar-refractivity contribution is 9.10. The summed E-state index contributed by atoms with van der Waals surface area (Å²) in [5.41, 5.74) is 11.3. The highest BCUT2D eigenvalue weighted by atomic mass is 79.9. The molecule has 0 atom stereocenters. The third-order valence-corrected chi connectivity index (χ3v) is 6.51. The first-order valence-corrected chi connectivity index (χ1v) is 11.9. The first-order chi connectivity index (χ1) is 16.3. The minimum atomic E-state index is -0.255. The fourth-order valence-electron chi connectivity index (χ4n) is 3.69. The van der Waals surface area contributed by atoms with Crippen molar-refractivity contribution in [2.45, 2.75) is 78.6 Å². The van der Waals surface area contributed by atoms with Crippen molar-refractivity contribution in [1.82, 2.24) is 0 Å². The van der Waals surface area contributed by atoms with Gasteiger partial charge in [0.2, 0.25) is 0 Å². The van der Waals surface area contributed by atoms with Crippen LogP contribution in [0, 0.1) is 0 Å². The number of benzene rings is 3.